The number of hydrogen-bond donors (Lipinski definition) is 2. The summed E-state index contributed by atoms with van der Waals surface area (Å²) in [6.07, 6.45) is 10.8. The first-order valence-electron chi connectivity index (χ1n) is 7.01. The molecule has 16 heavy (non-hydrogen) atoms. The normalized spacial score (nSPS) is 12.0. The zero-order valence-corrected chi connectivity index (χ0v) is 11.6. The zero-order valence-electron chi connectivity index (χ0n) is 11.6. The standard InChI is InChI=1S/C14H32N2/c1-14(2,3)16-13-11-9-7-5-4-6-8-10-12-15/h16H,4-13,15H2,1-3H3. The van der Waals surface area contributed by atoms with E-state index in [9.17, 15) is 0 Å². The molecule has 2 heteroatoms. The molecule has 0 fully saturated rings. The van der Waals surface area contributed by atoms with Crippen LogP contribution in [0.3, 0.4) is 0 Å². The Morgan fingerprint density at radius 2 is 1.19 bits per heavy atom. The third-order valence-corrected chi connectivity index (χ3v) is 2.79. The van der Waals surface area contributed by atoms with E-state index in [0.29, 0.717) is 0 Å². The van der Waals surface area contributed by atoms with E-state index in [2.05, 4.69) is 26.1 Å². The highest BCUT2D eigenvalue weighted by atomic mass is 14.9. The minimum Gasteiger partial charge on any atom is -0.330 e. The second-order valence-electron chi connectivity index (χ2n) is 5.79. The molecular formula is C14H32N2. The van der Waals surface area contributed by atoms with Gasteiger partial charge in [0.2, 0.25) is 0 Å². The van der Waals surface area contributed by atoms with Crippen LogP contribution in [0.15, 0.2) is 0 Å². The number of rotatable bonds is 10. The van der Waals surface area contributed by atoms with Crippen LogP contribution in [0, 0.1) is 0 Å². The minimum atomic E-state index is 0.280. The van der Waals surface area contributed by atoms with Gasteiger partial charge in [0, 0.05) is 5.54 Å². The molecule has 0 aromatic heterocycles. The molecular weight excluding hydrogens is 196 g/mol. The molecule has 0 radical (unpaired) electrons. The summed E-state index contributed by atoms with van der Waals surface area (Å²) in [6, 6.07) is 0. The highest BCUT2D eigenvalue weighted by Crippen LogP contribution is 2.08. The Balaban J connectivity index is 2.99. The molecule has 0 spiro atoms. The summed E-state index contributed by atoms with van der Waals surface area (Å²) < 4.78 is 0. The fraction of sp³-hybridized carbons (Fsp3) is 1.00. The van der Waals surface area contributed by atoms with E-state index in [1.54, 1.807) is 0 Å². The highest BCUT2D eigenvalue weighted by Gasteiger charge is 2.06. The molecule has 0 aromatic carbocycles. The van der Waals surface area contributed by atoms with Crippen molar-refractivity contribution in [2.45, 2.75) is 77.7 Å². The van der Waals surface area contributed by atoms with Gasteiger partial charge in [-0.1, -0.05) is 38.5 Å². The maximum atomic E-state index is 5.45. The molecule has 0 saturated heterocycles. The van der Waals surface area contributed by atoms with Crippen LogP contribution in [0.5, 0.6) is 0 Å². The molecule has 0 aliphatic rings. The highest BCUT2D eigenvalue weighted by molar-refractivity contribution is 4.69. The Kier molecular flexibility index (Phi) is 10.0. The van der Waals surface area contributed by atoms with Crippen molar-refractivity contribution in [3.8, 4) is 0 Å². The van der Waals surface area contributed by atoms with Gasteiger partial charge in [0.05, 0.1) is 0 Å². The van der Waals surface area contributed by atoms with E-state index in [1.807, 2.05) is 0 Å². The van der Waals surface area contributed by atoms with Crippen molar-refractivity contribution in [2.75, 3.05) is 13.1 Å². The van der Waals surface area contributed by atoms with Crippen LogP contribution in [0.2, 0.25) is 0 Å². The van der Waals surface area contributed by atoms with Gasteiger partial charge >= 0.3 is 0 Å². The van der Waals surface area contributed by atoms with Gasteiger partial charge in [0.1, 0.15) is 0 Å². The first-order valence-corrected chi connectivity index (χ1v) is 7.01. The van der Waals surface area contributed by atoms with Crippen molar-refractivity contribution in [3.63, 3.8) is 0 Å². The summed E-state index contributed by atoms with van der Waals surface area (Å²) in [4.78, 5) is 0. The van der Waals surface area contributed by atoms with Gasteiger partial charge in [-0.15, -0.1) is 0 Å². The summed E-state index contributed by atoms with van der Waals surface area (Å²) in [7, 11) is 0. The van der Waals surface area contributed by atoms with E-state index in [1.165, 1.54) is 51.4 Å². The van der Waals surface area contributed by atoms with E-state index >= 15 is 0 Å². The molecule has 0 rings (SSSR count). The third-order valence-electron chi connectivity index (χ3n) is 2.79. The predicted octanol–water partition coefficient (Wildman–Crippen LogP) is 3.45. The molecule has 0 aromatic rings. The molecule has 0 aliphatic carbocycles. The summed E-state index contributed by atoms with van der Waals surface area (Å²) in [5, 5.41) is 3.53. The lowest BCUT2D eigenvalue weighted by molar-refractivity contribution is 0.415. The Morgan fingerprint density at radius 3 is 1.62 bits per heavy atom. The van der Waals surface area contributed by atoms with Crippen molar-refractivity contribution >= 4 is 0 Å². The molecule has 0 aliphatic heterocycles. The molecule has 0 saturated carbocycles. The molecule has 0 heterocycles. The Morgan fingerprint density at radius 1 is 0.750 bits per heavy atom. The maximum absolute atomic E-state index is 5.45. The van der Waals surface area contributed by atoms with E-state index in [4.69, 9.17) is 5.73 Å². The van der Waals surface area contributed by atoms with Gasteiger partial charge in [-0.25, -0.2) is 0 Å². The van der Waals surface area contributed by atoms with Gasteiger partial charge in [-0.2, -0.15) is 0 Å². The fourth-order valence-corrected chi connectivity index (χ4v) is 1.79. The smallest absolute Gasteiger partial charge is 0.00965 e. The van der Waals surface area contributed by atoms with Crippen molar-refractivity contribution in [2.24, 2.45) is 5.73 Å². The van der Waals surface area contributed by atoms with Gasteiger partial charge < -0.3 is 11.1 Å². The quantitative estimate of drug-likeness (QED) is 0.562. The molecule has 98 valence electrons. The predicted molar refractivity (Wildman–Crippen MR) is 73.7 cm³/mol. The molecule has 0 unspecified atom stereocenters. The molecule has 3 N–H and O–H groups in total. The van der Waals surface area contributed by atoms with Crippen LogP contribution in [0.25, 0.3) is 0 Å². The van der Waals surface area contributed by atoms with Crippen molar-refractivity contribution in [1.29, 1.82) is 0 Å². The third kappa shape index (κ3) is 13.9. The van der Waals surface area contributed by atoms with Crippen molar-refractivity contribution in [3.05, 3.63) is 0 Å². The molecule has 2 nitrogen and oxygen atoms in total. The first kappa shape index (κ1) is 15.9. The lowest BCUT2D eigenvalue weighted by Crippen LogP contribution is -2.36. The van der Waals surface area contributed by atoms with Gasteiger partial charge in [-0.05, 0) is 46.7 Å². The number of hydrogen-bond acceptors (Lipinski definition) is 2. The topological polar surface area (TPSA) is 38.0 Å². The van der Waals surface area contributed by atoms with Gasteiger partial charge in [-0.3, -0.25) is 0 Å². The molecule has 0 atom stereocenters. The van der Waals surface area contributed by atoms with Crippen LogP contribution < -0.4 is 11.1 Å². The zero-order chi connectivity index (χ0) is 12.3. The minimum absolute atomic E-state index is 0.280. The van der Waals surface area contributed by atoms with E-state index in [-0.39, 0.29) is 5.54 Å². The van der Waals surface area contributed by atoms with Crippen LogP contribution in [0.1, 0.15) is 72.1 Å². The Labute approximate surface area is 102 Å². The number of nitrogens with one attached hydrogen (secondary N) is 1. The first-order chi connectivity index (χ1) is 7.56. The summed E-state index contributed by atoms with van der Waals surface area (Å²) in [5.74, 6) is 0. The van der Waals surface area contributed by atoms with E-state index < -0.39 is 0 Å². The monoisotopic (exact) mass is 228 g/mol. The summed E-state index contributed by atoms with van der Waals surface area (Å²) in [6.45, 7) is 8.70. The molecule has 0 amide bonds. The maximum Gasteiger partial charge on any atom is 0.00965 e. The average molecular weight is 228 g/mol. The lowest BCUT2D eigenvalue weighted by atomic mass is 10.1. The van der Waals surface area contributed by atoms with E-state index in [0.717, 1.165) is 13.1 Å². The number of unbranched alkanes of at least 4 members (excludes halogenated alkanes) is 7. The lowest BCUT2D eigenvalue weighted by Gasteiger charge is -2.20. The van der Waals surface area contributed by atoms with Gasteiger partial charge in [0.15, 0.2) is 0 Å². The van der Waals surface area contributed by atoms with Crippen molar-refractivity contribution < 1.29 is 0 Å². The van der Waals surface area contributed by atoms with Crippen LogP contribution in [-0.2, 0) is 0 Å². The number of nitrogens with two attached hydrogens (primary N) is 1. The second-order valence-corrected chi connectivity index (χ2v) is 5.79. The summed E-state index contributed by atoms with van der Waals surface area (Å²) in [5.41, 5.74) is 5.73. The van der Waals surface area contributed by atoms with Crippen LogP contribution in [-0.4, -0.2) is 18.6 Å². The van der Waals surface area contributed by atoms with Crippen LogP contribution >= 0.6 is 0 Å². The Hall–Kier alpha value is -0.0800. The van der Waals surface area contributed by atoms with Crippen molar-refractivity contribution in [1.82, 2.24) is 5.32 Å². The van der Waals surface area contributed by atoms with Gasteiger partial charge in [0.25, 0.3) is 0 Å². The molecule has 0 bridgehead atoms. The average Bonchev–Trinajstić information content (AvgIpc) is 2.19. The SMILES string of the molecule is CC(C)(C)NCCCCCCCCCCN. The van der Waals surface area contributed by atoms with Crippen LogP contribution in [0.4, 0.5) is 0 Å². The fourth-order valence-electron chi connectivity index (χ4n) is 1.79. The Bertz CT molecular complexity index is 138. The second kappa shape index (κ2) is 10.1. The largest absolute Gasteiger partial charge is 0.330 e. The summed E-state index contributed by atoms with van der Waals surface area (Å²) >= 11 is 0.